The summed E-state index contributed by atoms with van der Waals surface area (Å²) in [7, 11) is 3.14. The third kappa shape index (κ3) is 15.4. The number of aliphatic carboxylic acids is 1. The van der Waals surface area contributed by atoms with E-state index in [4.69, 9.17) is 25.2 Å². The minimum atomic E-state index is -0.833. The number of ketones is 1. The number of ether oxygens (including phenoxy) is 2. The first-order valence-corrected chi connectivity index (χ1v) is 11.0. The smallest absolute Gasteiger partial charge is 0.300 e. The number of methoxy groups -OCH3 is 2. The van der Waals surface area contributed by atoms with Crippen LogP contribution in [0.15, 0.2) is 41.5 Å². The van der Waals surface area contributed by atoms with Gasteiger partial charge in [-0.1, -0.05) is 12.1 Å². The van der Waals surface area contributed by atoms with Crippen molar-refractivity contribution in [3.8, 4) is 11.5 Å². The summed E-state index contributed by atoms with van der Waals surface area (Å²) in [6.07, 6.45) is 0. The van der Waals surface area contributed by atoms with Gasteiger partial charge in [-0.05, 0) is 65.8 Å². The van der Waals surface area contributed by atoms with E-state index in [1.807, 2.05) is 33.8 Å². The lowest BCUT2D eigenvalue weighted by atomic mass is 10.1. The number of carbonyl (C=O) groups excluding carboxylic acids is 3. The van der Waals surface area contributed by atoms with Crippen molar-refractivity contribution in [1.82, 2.24) is 10.9 Å². The highest BCUT2D eigenvalue weighted by atomic mass is 16.5. The monoisotopic (exact) mass is 518 g/mol. The summed E-state index contributed by atoms with van der Waals surface area (Å²) in [5.41, 5.74) is 8.06. The highest BCUT2D eigenvalue weighted by molar-refractivity contribution is 5.97. The second kappa shape index (κ2) is 19.0. The summed E-state index contributed by atoms with van der Waals surface area (Å²) in [6.45, 7) is 11.4. The van der Waals surface area contributed by atoms with E-state index in [9.17, 15) is 14.4 Å². The maximum atomic E-state index is 11.8. The van der Waals surface area contributed by atoms with Crippen molar-refractivity contribution in [2.45, 2.75) is 48.5 Å². The Kier molecular flexibility index (Phi) is 17.9. The Morgan fingerprint density at radius 2 is 1.14 bits per heavy atom. The predicted molar refractivity (Wildman–Crippen MR) is 143 cm³/mol. The minimum absolute atomic E-state index is 0.167. The molecular weight excluding hydrogens is 480 g/mol. The van der Waals surface area contributed by atoms with Crippen molar-refractivity contribution in [2.24, 2.45) is 10.9 Å². The number of nitrogen functional groups attached to an aromatic ring is 1. The van der Waals surface area contributed by atoms with E-state index in [2.05, 4.69) is 16.0 Å². The van der Waals surface area contributed by atoms with Gasteiger partial charge in [0.25, 0.3) is 17.8 Å². The molecule has 37 heavy (non-hydrogen) atoms. The number of benzene rings is 2. The lowest BCUT2D eigenvalue weighted by Crippen LogP contribution is -2.30. The molecule has 0 saturated carbocycles. The molecule has 11 nitrogen and oxygen atoms in total. The van der Waals surface area contributed by atoms with Crippen LogP contribution in [0, 0.1) is 13.8 Å². The summed E-state index contributed by atoms with van der Waals surface area (Å²) in [5.74, 6) is 5.20. The summed E-state index contributed by atoms with van der Waals surface area (Å²) >= 11 is 0. The second-order valence-corrected chi connectivity index (χ2v) is 7.67. The number of hydrazone groups is 1. The molecule has 0 bridgehead atoms. The van der Waals surface area contributed by atoms with Crippen LogP contribution in [0.2, 0.25) is 0 Å². The molecule has 0 aromatic heterocycles. The SMILES string of the molecule is CC(=O)O.CC(C)=O.COc1cccc(C(=O)NN)c1C.COc1cccc(C(=O)NN=C(C)C)c1C. The zero-order chi connectivity index (χ0) is 29.1. The van der Waals surface area contributed by atoms with Gasteiger partial charge in [0.15, 0.2) is 0 Å². The van der Waals surface area contributed by atoms with Gasteiger partial charge in [0.2, 0.25) is 0 Å². The summed E-state index contributed by atoms with van der Waals surface area (Å²) in [4.78, 5) is 41.4. The Bertz CT molecular complexity index is 1060. The Hall–Kier alpha value is -4.25. The maximum absolute atomic E-state index is 11.8. The lowest BCUT2D eigenvalue weighted by Gasteiger charge is -2.08. The van der Waals surface area contributed by atoms with Crippen LogP contribution in [0.3, 0.4) is 0 Å². The number of nitrogens with zero attached hydrogens (tertiary/aromatic N) is 1. The molecule has 0 spiro atoms. The first-order chi connectivity index (χ1) is 17.2. The predicted octanol–water partition coefficient (Wildman–Crippen LogP) is 3.42. The van der Waals surface area contributed by atoms with Gasteiger partial charge < -0.3 is 19.4 Å². The highest BCUT2D eigenvalue weighted by Crippen LogP contribution is 2.21. The molecule has 2 rings (SSSR count). The first-order valence-electron chi connectivity index (χ1n) is 11.0. The zero-order valence-electron chi connectivity index (χ0n) is 22.9. The molecule has 0 fully saturated rings. The Labute approximate surface area is 218 Å². The van der Waals surface area contributed by atoms with Crippen molar-refractivity contribution >= 4 is 29.3 Å². The molecule has 2 aromatic carbocycles. The summed E-state index contributed by atoms with van der Waals surface area (Å²) in [6, 6.07) is 10.6. The van der Waals surface area contributed by atoms with E-state index in [1.165, 1.54) is 13.8 Å². The van der Waals surface area contributed by atoms with E-state index < -0.39 is 5.97 Å². The zero-order valence-corrected chi connectivity index (χ0v) is 22.9. The quantitative estimate of drug-likeness (QED) is 0.202. The molecular formula is C26H38N4O7. The highest BCUT2D eigenvalue weighted by Gasteiger charge is 2.11. The number of hydrogen-bond acceptors (Lipinski definition) is 8. The molecule has 0 saturated heterocycles. The fourth-order valence-corrected chi connectivity index (χ4v) is 2.46. The van der Waals surface area contributed by atoms with Gasteiger partial charge in [0, 0.05) is 34.9 Å². The topological polar surface area (TPSA) is 169 Å². The van der Waals surface area contributed by atoms with Gasteiger partial charge in [-0.15, -0.1) is 0 Å². The fraction of sp³-hybridized carbons (Fsp3) is 0.346. The fourth-order valence-electron chi connectivity index (χ4n) is 2.46. The maximum Gasteiger partial charge on any atom is 0.300 e. The van der Waals surface area contributed by atoms with Crippen LogP contribution in [-0.4, -0.2) is 48.6 Å². The molecule has 204 valence electrons. The molecule has 0 aliphatic heterocycles. The Morgan fingerprint density at radius 3 is 1.43 bits per heavy atom. The van der Waals surface area contributed by atoms with Crippen molar-refractivity contribution in [3.63, 3.8) is 0 Å². The van der Waals surface area contributed by atoms with Crippen LogP contribution in [0.4, 0.5) is 0 Å². The summed E-state index contributed by atoms with van der Waals surface area (Å²) in [5, 5.41) is 11.3. The molecule has 0 aliphatic rings. The van der Waals surface area contributed by atoms with Crippen molar-refractivity contribution in [3.05, 3.63) is 58.7 Å². The molecule has 5 N–H and O–H groups in total. The van der Waals surface area contributed by atoms with Crippen LogP contribution < -0.4 is 26.2 Å². The number of Topliss-reactive ketones (excluding diaryl/α,β-unsaturated/α-hetero) is 1. The molecule has 0 atom stereocenters. The van der Waals surface area contributed by atoms with Gasteiger partial charge >= 0.3 is 0 Å². The number of carboxylic acids is 1. The van der Waals surface area contributed by atoms with Crippen LogP contribution in [-0.2, 0) is 9.59 Å². The van der Waals surface area contributed by atoms with Gasteiger partial charge in [0.1, 0.15) is 17.3 Å². The van der Waals surface area contributed by atoms with Crippen LogP contribution in [0.5, 0.6) is 11.5 Å². The van der Waals surface area contributed by atoms with Gasteiger partial charge in [-0.25, -0.2) is 11.3 Å². The normalized spacial score (nSPS) is 8.81. The van der Waals surface area contributed by atoms with Crippen LogP contribution in [0.1, 0.15) is 66.5 Å². The number of hydrazine groups is 1. The molecule has 11 heteroatoms. The second-order valence-electron chi connectivity index (χ2n) is 7.67. The largest absolute Gasteiger partial charge is 0.496 e. The molecule has 0 radical (unpaired) electrons. The minimum Gasteiger partial charge on any atom is -0.496 e. The number of hydrogen-bond donors (Lipinski definition) is 4. The number of nitrogens with one attached hydrogen (secondary N) is 2. The Balaban J connectivity index is 0. The lowest BCUT2D eigenvalue weighted by molar-refractivity contribution is -0.134. The standard InChI is InChI=1S/C12H16N2O2.C9H12N2O2.C3H6O.C2H4O2/c1-8(2)13-14-12(15)10-6-5-7-11(16-4)9(10)3;1-6-7(9(12)11-10)4-3-5-8(6)13-2;1-3(2)4;1-2(3)4/h5-7H,1-4H3,(H,14,15);3-5H,10H2,1-2H3,(H,11,12);1-2H3;1H3,(H,3,4). The number of nitrogens with two attached hydrogens (primary N) is 1. The Morgan fingerprint density at radius 1 is 0.784 bits per heavy atom. The van der Waals surface area contributed by atoms with Crippen molar-refractivity contribution in [2.75, 3.05) is 14.2 Å². The molecule has 2 aromatic rings. The van der Waals surface area contributed by atoms with E-state index >= 15 is 0 Å². The number of carbonyl (C=O) groups is 4. The third-order valence-corrected chi connectivity index (χ3v) is 4.01. The van der Waals surface area contributed by atoms with E-state index in [1.54, 1.807) is 44.6 Å². The van der Waals surface area contributed by atoms with Gasteiger partial charge in [-0.3, -0.25) is 19.8 Å². The molecule has 2 amide bonds. The average Bonchev–Trinajstić information content (AvgIpc) is 2.82. The van der Waals surface area contributed by atoms with Crippen molar-refractivity contribution in [1.29, 1.82) is 0 Å². The van der Waals surface area contributed by atoms with E-state index in [0.29, 0.717) is 22.6 Å². The number of amides is 2. The van der Waals surface area contributed by atoms with Gasteiger partial charge in [-0.2, -0.15) is 5.10 Å². The average molecular weight is 519 g/mol. The third-order valence-electron chi connectivity index (χ3n) is 4.01. The first kappa shape index (κ1) is 34.9. The molecule has 0 unspecified atom stereocenters. The van der Waals surface area contributed by atoms with E-state index in [-0.39, 0.29) is 17.6 Å². The molecule has 0 heterocycles. The summed E-state index contributed by atoms with van der Waals surface area (Å²) < 4.78 is 10.2. The van der Waals surface area contributed by atoms with E-state index in [0.717, 1.165) is 23.8 Å². The van der Waals surface area contributed by atoms with Gasteiger partial charge in [0.05, 0.1) is 14.2 Å². The number of carboxylic acid groups (broad SMARTS) is 1. The van der Waals surface area contributed by atoms with Crippen molar-refractivity contribution < 1.29 is 33.8 Å². The van der Waals surface area contributed by atoms with Crippen LogP contribution >= 0.6 is 0 Å². The van der Waals surface area contributed by atoms with Crippen LogP contribution in [0.25, 0.3) is 0 Å². The molecule has 0 aliphatic carbocycles. The number of rotatable bonds is 5.